The highest BCUT2D eigenvalue weighted by molar-refractivity contribution is 7.91. The summed E-state index contributed by atoms with van der Waals surface area (Å²) in [6.45, 7) is 13.0. The van der Waals surface area contributed by atoms with Gasteiger partial charge in [-0.3, -0.25) is 4.79 Å². The number of hydrogen-bond acceptors (Lipinski definition) is 4. The van der Waals surface area contributed by atoms with Crippen molar-refractivity contribution < 1.29 is 13.2 Å². The van der Waals surface area contributed by atoms with E-state index in [0.717, 1.165) is 17.7 Å². The molecule has 0 bridgehead atoms. The fourth-order valence-electron chi connectivity index (χ4n) is 3.61. The first kappa shape index (κ1) is 27.7. The van der Waals surface area contributed by atoms with Gasteiger partial charge >= 0.3 is 0 Å². The van der Waals surface area contributed by atoms with Gasteiger partial charge in [0, 0.05) is 24.2 Å². The van der Waals surface area contributed by atoms with Crippen molar-refractivity contribution in [2.45, 2.75) is 31.8 Å². The zero-order valence-corrected chi connectivity index (χ0v) is 22.6. The highest BCUT2D eigenvalue weighted by Gasteiger charge is 2.17. The van der Waals surface area contributed by atoms with E-state index in [2.05, 4.69) is 22.0 Å². The molecule has 0 fully saturated rings. The molecule has 0 unspecified atom stereocenters. The number of amides is 1. The van der Waals surface area contributed by atoms with Gasteiger partial charge in [-0.2, -0.15) is 0 Å². The average Bonchev–Trinajstić information content (AvgIpc) is 2.87. The van der Waals surface area contributed by atoms with Gasteiger partial charge in [0.1, 0.15) is 0 Å². The number of nitrogens with zero attached hydrogens (tertiary/aromatic N) is 2. The monoisotopic (exact) mass is 543 g/mol. The van der Waals surface area contributed by atoms with E-state index < -0.39 is 9.84 Å². The lowest BCUT2D eigenvalue weighted by atomic mass is 10.00. The van der Waals surface area contributed by atoms with Crippen molar-refractivity contribution in [1.29, 1.82) is 0 Å². The summed E-state index contributed by atoms with van der Waals surface area (Å²) in [5, 5.41) is 3.40. The number of carbonyl (C=O) groups excluding carboxylic acids is 1. The second-order valence-corrected chi connectivity index (χ2v) is 11.4. The molecule has 0 saturated carbocycles. The fraction of sp³-hybridized carbons (Fsp3) is 0.259. The standard InChI is InChI=1S/C27H27Cl2N3O3S/c1-5-32(4)17-20-10-9-19(15-25(20)30-3)26-23(28)13-21(14-24(26)29)27(33)31-16-18-7-11-22(12-8-18)36(34,35)6-2/h7-15H,5-6,16-17H2,1-2,4H3,(H,31,33). The molecule has 0 radical (unpaired) electrons. The van der Waals surface area contributed by atoms with Gasteiger partial charge in [-0.15, -0.1) is 0 Å². The Kier molecular flexibility index (Phi) is 9.15. The molecule has 0 atom stereocenters. The van der Waals surface area contributed by atoms with E-state index in [-0.39, 0.29) is 23.1 Å². The Bertz CT molecular complexity index is 1390. The highest BCUT2D eigenvalue weighted by Crippen LogP contribution is 2.38. The maximum atomic E-state index is 12.8. The van der Waals surface area contributed by atoms with Gasteiger partial charge in [-0.1, -0.05) is 61.3 Å². The van der Waals surface area contributed by atoms with Crippen LogP contribution >= 0.6 is 23.2 Å². The quantitative estimate of drug-likeness (QED) is 0.317. The number of benzene rings is 3. The first-order valence-corrected chi connectivity index (χ1v) is 13.8. The third-order valence-electron chi connectivity index (χ3n) is 5.89. The molecule has 3 aromatic rings. The highest BCUT2D eigenvalue weighted by atomic mass is 35.5. The van der Waals surface area contributed by atoms with Crippen molar-refractivity contribution in [3.8, 4) is 11.1 Å². The second kappa shape index (κ2) is 11.9. The molecule has 0 aromatic heterocycles. The van der Waals surface area contributed by atoms with Crippen LogP contribution in [0.3, 0.4) is 0 Å². The van der Waals surface area contributed by atoms with E-state index in [4.69, 9.17) is 29.8 Å². The summed E-state index contributed by atoms with van der Waals surface area (Å²) in [5.41, 5.74) is 3.76. The third kappa shape index (κ3) is 6.45. The molecule has 0 saturated heterocycles. The van der Waals surface area contributed by atoms with Crippen molar-refractivity contribution in [1.82, 2.24) is 10.2 Å². The first-order valence-electron chi connectivity index (χ1n) is 11.4. The van der Waals surface area contributed by atoms with Gasteiger partial charge in [-0.05, 0) is 60.6 Å². The predicted octanol–water partition coefficient (Wildman–Crippen LogP) is 6.39. The Morgan fingerprint density at radius 1 is 1.03 bits per heavy atom. The predicted molar refractivity (Wildman–Crippen MR) is 146 cm³/mol. The Labute approximate surface area is 222 Å². The molecule has 3 rings (SSSR count). The zero-order valence-electron chi connectivity index (χ0n) is 20.3. The summed E-state index contributed by atoms with van der Waals surface area (Å²) in [6.07, 6.45) is 0. The number of nitrogens with one attached hydrogen (secondary N) is 1. The molecule has 6 nitrogen and oxygen atoms in total. The lowest BCUT2D eigenvalue weighted by Gasteiger charge is -2.16. The smallest absolute Gasteiger partial charge is 0.251 e. The Hall–Kier alpha value is -2.89. The molecule has 0 aliphatic rings. The first-order chi connectivity index (χ1) is 17.1. The van der Waals surface area contributed by atoms with Gasteiger partial charge in [0.25, 0.3) is 5.91 Å². The van der Waals surface area contributed by atoms with E-state index in [1.54, 1.807) is 37.3 Å². The van der Waals surface area contributed by atoms with E-state index >= 15 is 0 Å². The van der Waals surface area contributed by atoms with Crippen LogP contribution in [0.15, 0.2) is 59.5 Å². The number of rotatable bonds is 9. The lowest BCUT2D eigenvalue weighted by molar-refractivity contribution is 0.0951. The minimum atomic E-state index is -3.27. The number of sulfone groups is 1. The largest absolute Gasteiger partial charge is 0.348 e. The van der Waals surface area contributed by atoms with E-state index in [1.807, 2.05) is 19.2 Å². The van der Waals surface area contributed by atoms with Crippen LogP contribution in [0.1, 0.15) is 35.3 Å². The summed E-state index contributed by atoms with van der Waals surface area (Å²) >= 11 is 13.1. The van der Waals surface area contributed by atoms with Gasteiger partial charge in [0.05, 0.1) is 27.3 Å². The molecule has 9 heteroatoms. The van der Waals surface area contributed by atoms with Crippen molar-refractivity contribution in [2.75, 3.05) is 19.3 Å². The van der Waals surface area contributed by atoms with Crippen LogP contribution in [0.4, 0.5) is 5.69 Å². The maximum Gasteiger partial charge on any atom is 0.251 e. The van der Waals surface area contributed by atoms with Crippen LogP contribution in [-0.4, -0.2) is 38.6 Å². The molecule has 3 aromatic carbocycles. The number of halogens is 2. The topological polar surface area (TPSA) is 70.8 Å². The molecular weight excluding hydrogens is 517 g/mol. The molecule has 1 amide bonds. The number of carbonyl (C=O) groups is 1. The maximum absolute atomic E-state index is 12.8. The minimum absolute atomic E-state index is 0.0279. The van der Waals surface area contributed by atoms with Crippen LogP contribution < -0.4 is 5.32 Å². The van der Waals surface area contributed by atoms with Crippen LogP contribution in [0.2, 0.25) is 10.0 Å². The SMILES string of the molecule is [C-]#[N+]c1cc(-c2c(Cl)cc(C(=O)NCc3ccc(S(=O)(=O)CC)cc3)cc2Cl)ccc1CN(C)CC. The Morgan fingerprint density at radius 3 is 2.22 bits per heavy atom. The normalized spacial score (nSPS) is 11.4. The van der Waals surface area contributed by atoms with Crippen molar-refractivity contribution in [2.24, 2.45) is 0 Å². The summed E-state index contributed by atoms with van der Waals surface area (Å²) in [7, 11) is -1.28. The van der Waals surface area contributed by atoms with E-state index in [9.17, 15) is 13.2 Å². The molecule has 0 spiro atoms. The average molecular weight is 545 g/mol. The summed E-state index contributed by atoms with van der Waals surface area (Å²) in [5.74, 6) is -0.337. The molecule has 0 aliphatic heterocycles. The van der Waals surface area contributed by atoms with Crippen molar-refractivity contribution in [3.05, 3.63) is 92.8 Å². The van der Waals surface area contributed by atoms with Crippen molar-refractivity contribution in [3.63, 3.8) is 0 Å². The third-order valence-corrected chi connectivity index (χ3v) is 8.24. The van der Waals surface area contributed by atoms with Gasteiger partial charge in [0.15, 0.2) is 15.5 Å². The lowest BCUT2D eigenvalue weighted by Crippen LogP contribution is -2.22. The van der Waals surface area contributed by atoms with E-state index in [1.165, 1.54) is 12.1 Å². The number of hydrogen-bond donors (Lipinski definition) is 1. The Morgan fingerprint density at radius 2 is 1.67 bits per heavy atom. The molecule has 1 N–H and O–H groups in total. The molecule has 0 aliphatic carbocycles. The van der Waals surface area contributed by atoms with Crippen molar-refractivity contribution >= 4 is 44.6 Å². The molecule has 36 heavy (non-hydrogen) atoms. The van der Waals surface area contributed by atoms with Crippen LogP contribution in [0.25, 0.3) is 16.0 Å². The zero-order chi connectivity index (χ0) is 26.5. The molecule has 0 heterocycles. The van der Waals surface area contributed by atoms with Crippen LogP contribution in [0.5, 0.6) is 0 Å². The minimum Gasteiger partial charge on any atom is -0.348 e. The summed E-state index contributed by atoms with van der Waals surface area (Å²) < 4.78 is 23.9. The van der Waals surface area contributed by atoms with E-state index in [0.29, 0.717) is 39.0 Å². The summed E-state index contributed by atoms with van der Waals surface area (Å²) in [6, 6.07) is 15.0. The second-order valence-electron chi connectivity index (χ2n) is 8.33. The molecule has 188 valence electrons. The van der Waals surface area contributed by atoms with Crippen LogP contribution in [-0.2, 0) is 22.9 Å². The van der Waals surface area contributed by atoms with Crippen LogP contribution in [0, 0.1) is 6.57 Å². The Balaban J connectivity index is 1.78. The molecular formula is C27H27Cl2N3O3S. The van der Waals surface area contributed by atoms with Gasteiger partial charge in [0.2, 0.25) is 0 Å². The van der Waals surface area contributed by atoms with Gasteiger partial charge < -0.3 is 10.2 Å². The summed E-state index contributed by atoms with van der Waals surface area (Å²) in [4.78, 5) is 18.8. The fourth-order valence-corrected chi connectivity index (χ4v) is 5.19. The van der Waals surface area contributed by atoms with Gasteiger partial charge in [-0.25, -0.2) is 13.3 Å².